The third-order valence-electron chi connectivity index (χ3n) is 6.22. The monoisotopic (exact) mass is 294 g/mol. The number of hydrogen-bond donors (Lipinski definition) is 1. The van der Waals surface area contributed by atoms with Crippen LogP contribution in [-0.2, 0) is 9.47 Å². The molecule has 4 heteroatoms. The number of hydrogen-bond acceptors (Lipinski definition) is 4. The van der Waals surface area contributed by atoms with Crippen molar-refractivity contribution in [1.82, 2.24) is 10.2 Å². The molecule has 4 atom stereocenters. The highest BCUT2D eigenvalue weighted by molar-refractivity contribution is 4.98. The molecule has 0 aromatic carbocycles. The number of nitrogens with one attached hydrogen (secondary N) is 1. The standard InChI is InChI=1S/C17H30N2O2/c1-3-14(12-18-7-1)16-4-2-8-19(16)15-5-9-21-17(11-15)6-10-20-13-17/h14-16,18H,1-13H2. The van der Waals surface area contributed by atoms with Crippen LogP contribution in [-0.4, -0.2) is 62.0 Å². The van der Waals surface area contributed by atoms with Crippen LogP contribution in [0.25, 0.3) is 0 Å². The van der Waals surface area contributed by atoms with Crippen molar-refractivity contribution in [1.29, 1.82) is 0 Å². The lowest BCUT2D eigenvalue weighted by molar-refractivity contribution is -0.110. The topological polar surface area (TPSA) is 33.7 Å². The lowest BCUT2D eigenvalue weighted by Crippen LogP contribution is -2.53. The third kappa shape index (κ3) is 2.88. The van der Waals surface area contributed by atoms with Crippen LogP contribution in [0.1, 0.15) is 44.9 Å². The summed E-state index contributed by atoms with van der Waals surface area (Å²) in [5, 5.41) is 3.61. The highest BCUT2D eigenvalue weighted by Gasteiger charge is 2.45. The van der Waals surface area contributed by atoms with Crippen molar-refractivity contribution in [3.05, 3.63) is 0 Å². The third-order valence-corrected chi connectivity index (χ3v) is 6.22. The van der Waals surface area contributed by atoms with Crippen LogP contribution >= 0.6 is 0 Å². The average molecular weight is 294 g/mol. The predicted octanol–water partition coefficient (Wildman–Crippen LogP) is 1.79. The van der Waals surface area contributed by atoms with Gasteiger partial charge in [-0.2, -0.15) is 0 Å². The number of rotatable bonds is 2. The van der Waals surface area contributed by atoms with E-state index >= 15 is 0 Å². The first kappa shape index (κ1) is 14.4. The molecule has 4 aliphatic rings. The first-order chi connectivity index (χ1) is 10.4. The van der Waals surface area contributed by atoms with Gasteiger partial charge in [0, 0.05) is 31.7 Å². The van der Waals surface area contributed by atoms with Crippen molar-refractivity contribution in [3.8, 4) is 0 Å². The SMILES string of the molecule is C1CNCC(C2CCCN2C2CCOC3(CCOC3)C2)C1. The highest BCUT2D eigenvalue weighted by Crippen LogP contribution is 2.38. The van der Waals surface area contributed by atoms with Crippen LogP contribution in [0.3, 0.4) is 0 Å². The van der Waals surface area contributed by atoms with Gasteiger partial charge in [0.2, 0.25) is 0 Å². The summed E-state index contributed by atoms with van der Waals surface area (Å²) in [6.45, 7) is 6.41. The fourth-order valence-electron chi connectivity index (χ4n) is 5.13. The molecule has 4 heterocycles. The minimum atomic E-state index is 0.0564. The molecular formula is C17H30N2O2. The predicted molar refractivity (Wildman–Crippen MR) is 82.5 cm³/mol. The second kappa shape index (κ2) is 6.15. The highest BCUT2D eigenvalue weighted by atomic mass is 16.6. The Hall–Kier alpha value is -0.160. The van der Waals surface area contributed by atoms with Crippen LogP contribution in [0.5, 0.6) is 0 Å². The summed E-state index contributed by atoms with van der Waals surface area (Å²) < 4.78 is 11.8. The Morgan fingerprint density at radius 1 is 1.10 bits per heavy atom. The zero-order chi connectivity index (χ0) is 14.1. The Labute approximate surface area is 128 Å². The minimum Gasteiger partial charge on any atom is -0.378 e. The average Bonchev–Trinajstić information content (AvgIpc) is 3.18. The molecular weight excluding hydrogens is 264 g/mol. The Morgan fingerprint density at radius 2 is 2.10 bits per heavy atom. The van der Waals surface area contributed by atoms with E-state index in [1.54, 1.807) is 0 Å². The molecule has 21 heavy (non-hydrogen) atoms. The van der Waals surface area contributed by atoms with Crippen LogP contribution in [0.15, 0.2) is 0 Å². The zero-order valence-electron chi connectivity index (χ0n) is 13.2. The number of ether oxygens (including phenoxy) is 2. The molecule has 0 radical (unpaired) electrons. The molecule has 4 fully saturated rings. The van der Waals surface area contributed by atoms with Gasteiger partial charge < -0.3 is 14.8 Å². The quantitative estimate of drug-likeness (QED) is 0.842. The molecule has 0 aromatic rings. The maximum Gasteiger partial charge on any atom is 0.0951 e. The van der Waals surface area contributed by atoms with Gasteiger partial charge in [0.15, 0.2) is 0 Å². The van der Waals surface area contributed by atoms with Gasteiger partial charge in [0.1, 0.15) is 0 Å². The van der Waals surface area contributed by atoms with E-state index in [0.29, 0.717) is 0 Å². The van der Waals surface area contributed by atoms with E-state index in [-0.39, 0.29) is 5.60 Å². The molecule has 4 rings (SSSR count). The molecule has 4 nitrogen and oxygen atoms in total. The summed E-state index contributed by atoms with van der Waals surface area (Å²) in [5.41, 5.74) is 0.0564. The van der Waals surface area contributed by atoms with Gasteiger partial charge in [0.05, 0.1) is 12.2 Å². The van der Waals surface area contributed by atoms with Gasteiger partial charge in [-0.3, -0.25) is 4.90 Å². The van der Waals surface area contributed by atoms with E-state index in [1.807, 2.05) is 0 Å². The molecule has 0 saturated carbocycles. The van der Waals surface area contributed by atoms with Gasteiger partial charge in [-0.1, -0.05) is 0 Å². The van der Waals surface area contributed by atoms with Gasteiger partial charge in [-0.05, 0) is 64.1 Å². The van der Waals surface area contributed by atoms with Crippen LogP contribution in [0.4, 0.5) is 0 Å². The molecule has 4 unspecified atom stereocenters. The van der Waals surface area contributed by atoms with Gasteiger partial charge in [0.25, 0.3) is 0 Å². The largest absolute Gasteiger partial charge is 0.378 e. The Morgan fingerprint density at radius 3 is 2.90 bits per heavy atom. The minimum absolute atomic E-state index is 0.0564. The first-order valence-corrected chi connectivity index (χ1v) is 9.05. The van der Waals surface area contributed by atoms with E-state index in [9.17, 15) is 0 Å². The second-order valence-corrected chi connectivity index (χ2v) is 7.53. The van der Waals surface area contributed by atoms with Crippen LogP contribution in [0.2, 0.25) is 0 Å². The van der Waals surface area contributed by atoms with Crippen molar-refractivity contribution in [2.45, 2.75) is 62.6 Å². The van der Waals surface area contributed by atoms with Crippen LogP contribution < -0.4 is 5.32 Å². The molecule has 120 valence electrons. The van der Waals surface area contributed by atoms with E-state index in [2.05, 4.69) is 10.2 Å². The summed E-state index contributed by atoms with van der Waals surface area (Å²) in [6, 6.07) is 1.55. The van der Waals surface area contributed by atoms with Crippen molar-refractivity contribution in [3.63, 3.8) is 0 Å². The molecule has 4 aliphatic heterocycles. The Kier molecular flexibility index (Phi) is 4.23. The van der Waals surface area contributed by atoms with Crippen molar-refractivity contribution in [2.24, 2.45) is 5.92 Å². The molecule has 4 saturated heterocycles. The normalized spacial score (nSPS) is 45.4. The number of piperidine rings is 1. The van der Waals surface area contributed by atoms with Crippen molar-refractivity contribution in [2.75, 3.05) is 39.5 Å². The van der Waals surface area contributed by atoms with Gasteiger partial charge >= 0.3 is 0 Å². The molecule has 1 N–H and O–H groups in total. The molecule has 0 bridgehead atoms. The Bertz CT molecular complexity index is 351. The summed E-state index contributed by atoms with van der Waals surface area (Å²) in [6.07, 6.45) is 9.11. The second-order valence-electron chi connectivity index (χ2n) is 7.53. The van der Waals surface area contributed by atoms with Gasteiger partial charge in [-0.15, -0.1) is 0 Å². The van der Waals surface area contributed by atoms with Crippen molar-refractivity contribution < 1.29 is 9.47 Å². The van der Waals surface area contributed by atoms with E-state index < -0.39 is 0 Å². The summed E-state index contributed by atoms with van der Waals surface area (Å²) in [4.78, 5) is 2.86. The smallest absolute Gasteiger partial charge is 0.0951 e. The van der Waals surface area contributed by atoms with E-state index in [4.69, 9.17) is 9.47 Å². The van der Waals surface area contributed by atoms with E-state index in [0.717, 1.165) is 44.2 Å². The fraction of sp³-hybridized carbons (Fsp3) is 1.00. The maximum absolute atomic E-state index is 6.13. The summed E-state index contributed by atoms with van der Waals surface area (Å²) >= 11 is 0. The molecule has 0 amide bonds. The summed E-state index contributed by atoms with van der Waals surface area (Å²) in [7, 11) is 0. The summed E-state index contributed by atoms with van der Waals surface area (Å²) in [5.74, 6) is 0.875. The fourth-order valence-corrected chi connectivity index (χ4v) is 5.13. The zero-order valence-corrected chi connectivity index (χ0v) is 13.2. The van der Waals surface area contributed by atoms with Crippen LogP contribution in [0, 0.1) is 5.92 Å². The van der Waals surface area contributed by atoms with E-state index in [1.165, 1.54) is 58.2 Å². The van der Waals surface area contributed by atoms with Crippen molar-refractivity contribution >= 4 is 0 Å². The molecule has 0 aliphatic carbocycles. The molecule has 0 aromatic heterocycles. The maximum atomic E-state index is 6.13. The lowest BCUT2D eigenvalue weighted by atomic mass is 9.85. The Balaban J connectivity index is 1.44. The number of nitrogens with zero attached hydrogens (tertiary/aromatic N) is 1. The lowest BCUT2D eigenvalue weighted by Gasteiger charge is -2.45. The number of likely N-dealkylation sites (tertiary alicyclic amines) is 1. The van der Waals surface area contributed by atoms with Gasteiger partial charge in [-0.25, -0.2) is 0 Å². The first-order valence-electron chi connectivity index (χ1n) is 9.05. The molecule has 1 spiro atoms.